The molecule has 0 spiro atoms. The largest absolute Gasteiger partial charge is 0.455 e. The molecule has 0 saturated heterocycles. The van der Waals surface area contributed by atoms with Gasteiger partial charge in [-0.15, -0.1) is 0 Å². The lowest BCUT2D eigenvalue weighted by Crippen LogP contribution is -2.61. The van der Waals surface area contributed by atoms with Crippen LogP contribution >= 0.6 is 0 Å². The molecule has 8 aromatic carbocycles. The number of benzene rings is 8. The molecule has 0 radical (unpaired) electrons. The Bertz CT molecular complexity index is 4200. The summed E-state index contributed by atoms with van der Waals surface area (Å²) in [7, 11) is 0. The molecule has 5 heteroatoms. The Morgan fingerprint density at radius 2 is 1.02 bits per heavy atom. The number of furan rings is 1. The highest BCUT2D eigenvalue weighted by atomic mass is 16.3. The second-order valence-electron chi connectivity index (χ2n) is 28.7. The number of aromatic nitrogens is 1. The fourth-order valence-electron chi connectivity index (χ4n) is 13.3. The van der Waals surface area contributed by atoms with E-state index in [1.165, 1.54) is 94.6 Å². The SMILES string of the molecule is CC.CC(C)(C)c1ccc(N2c3ccc(C(C)(C)C)cc3B3c4cc5c6cc(C(C)(C)C)ccc6n(C6=CCCC(C(C)(C)C)C=C6)c5cc4N(c4ccc(-c5cccc6c5oc5ccccc56)cc4)c4cc(C(C)(C)C)cc2c43)cc1. The molecule has 0 fully saturated rings. The van der Waals surface area contributed by atoms with Crippen LogP contribution in [0.2, 0.25) is 0 Å². The van der Waals surface area contributed by atoms with E-state index in [4.69, 9.17) is 4.42 Å². The average molecular weight is 1080 g/mol. The fourth-order valence-corrected chi connectivity index (χ4v) is 13.3. The first-order valence-corrected chi connectivity index (χ1v) is 30.4. The number of fused-ring (bicyclic) bond motifs is 10. The summed E-state index contributed by atoms with van der Waals surface area (Å²) in [4.78, 5) is 5.22. The monoisotopic (exact) mass is 1080 g/mol. The van der Waals surface area contributed by atoms with Crippen LogP contribution in [0.1, 0.15) is 153 Å². The van der Waals surface area contributed by atoms with Crippen molar-refractivity contribution < 1.29 is 4.42 Å². The highest BCUT2D eigenvalue weighted by molar-refractivity contribution is 7.00. The number of hydrogen-bond donors (Lipinski definition) is 0. The van der Waals surface area contributed by atoms with Gasteiger partial charge >= 0.3 is 0 Å². The van der Waals surface area contributed by atoms with Crippen LogP contribution in [-0.4, -0.2) is 11.3 Å². The normalized spacial score (nSPS) is 15.6. The number of hydrogen-bond acceptors (Lipinski definition) is 3. The summed E-state index contributed by atoms with van der Waals surface area (Å²) in [6.45, 7) is 39.2. The minimum absolute atomic E-state index is 0.0225. The quantitative estimate of drug-likeness (QED) is 0.164. The summed E-state index contributed by atoms with van der Waals surface area (Å²) in [5.74, 6) is 0.477. The van der Waals surface area contributed by atoms with Crippen molar-refractivity contribution in [2.24, 2.45) is 11.3 Å². The molecule has 4 nitrogen and oxygen atoms in total. The number of anilines is 6. The third-order valence-corrected chi connectivity index (χ3v) is 18.1. The summed E-state index contributed by atoms with van der Waals surface area (Å²) in [6.07, 6.45) is 9.58. The van der Waals surface area contributed by atoms with Gasteiger partial charge < -0.3 is 18.8 Å². The Balaban J connectivity index is 0.00000329. The Morgan fingerprint density at radius 1 is 0.463 bits per heavy atom. The van der Waals surface area contributed by atoms with Gasteiger partial charge in [-0.25, -0.2) is 0 Å². The van der Waals surface area contributed by atoms with Crippen molar-refractivity contribution in [3.05, 3.63) is 192 Å². The zero-order valence-corrected chi connectivity index (χ0v) is 52.0. The van der Waals surface area contributed by atoms with E-state index in [1.807, 2.05) is 13.8 Å². The maximum absolute atomic E-state index is 6.65. The van der Waals surface area contributed by atoms with Gasteiger partial charge in [0.15, 0.2) is 0 Å². The first kappa shape index (κ1) is 55.1. The van der Waals surface area contributed by atoms with Gasteiger partial charge in [-0.05, 0) is 163 Å². The van der Waals surface area contributed by atoms with Crippen LogP contribution in [0, 0.1) is 11.3 Å². The first-order valence-electron chi connectivity index (χ1n) is 30.4. The summed E-state index contributed by atoms with van der Waals surface area (Å²) < 4.78 is 9.24. The summed E-state index contributed by atoms with van der Waals surface area (Å²) in [5, 5.41) is 4.86. The van der Waals surface area contributed by atoms with Crippen LogP contribution in [0.25, 0.3) is 60.6 Å². The number of para-hydroxylation sites is 2. The molecule has 1 aliphatic carbocycles. The summed E-state index contributed by atoms with van der Waals surface area (Å²) >= 11 is 0. The third-order valence-electron chi connectivity index (χ3n) is 18.1. The van der Waals surface area contributed by atoms with Gasteiger partial charge in [0, 0.05) is 66.9 Å². The van der Waals surface area contributed by atoms with E-state index in [-0.39, 0.29) is 33.8 Å². The van der Waals surface area contributed by atoms with Gasteiger partial charge in [-0.1, -0.05) is 215 Å². The van der Waals surface area contributed by atoms with Crippen LogP contribution in [0.5, 0.6) is 0 Å². The van der Waals surface area contributed by atoms with E-state index in [1.54, 1.807) is 0 Å². The molecule has 13 rings (SSSR count). The van der Waals surface area contributed by atoms with Crippen molar-refractivity contribution in [1.82, 2.24) is 4.57 Å². The Hall–Kier alpha value is -7.50. The van der Waals surface area contributed by atoms with Crippen LogP contribution < -0.4 is 26.2 Å². The zero-order valence-electron chi connectivity index (χ0n) is 52.0. The van der Waals surface area contributed by atoms with Crippen molar-refractivity contribution in [1.29, 1.82) is 0 Å². The maximum Gasteiger partial charge on any atom is 0.252 e. The summed E-state index contributed by atoms with van der Waals surface area (Å²) in [6, 6.07) is 58.6. The molecule has 0 bridgehead atoms. The minimum atomic E-state index is -0.162. The first-order chi connectivity index (χ1) is 38.8. The molecule has 82 heavy (non-hydrogen) atoms. The van der Waals surface area contributed by atoms with Crippen LogP contribution in [0.15, 0.2) is 174 Å². The Labute approximate surface area is 489 Å². The van der Waals surface area contributed by atoms with E-state index in [2.05, 4.69) is 288 Å². The standard InChI is InChI=1S/C75H78BN3O.C2H6/c1-71(2,3)47-20-18-21-52(35-28-47)77-62-38-31-49(73(7,8)9)40-58(62)59-44-61-65(45-64(59)77)79(53-33-26-46(27-34-53)55-23-19-24-57-56-22-16-17-25-68(56)80-70(55)57)67-43-51(75(13,14)15)42-66-69(67)76(61)60-41-50(74(10,11)12)32-39-63(60)78(66)54-36-29-48(30-37-54)72(4,5)6;1-2/h16-17,19,21-45,47H,18,20H2,1-15H3;1-2H3. The maximum atomic E-state index is 6.65. The van der Waals surface area contributed by atoms with Gasteiger partial charge in [0.25, 0.3) is 6.71 Å². The van der Waals surface area contributed by atoms with Gasteiger partial charge in [-0.3, -0.25) is 0 Å². The number of rotatable bonds is 4. The molecule has 0 saturated carbocycles. The lowest BCUT2D eigenvalue weighted by Gasteiger charge is -2.45. The predicted octanol–water partition coefficient (Wildman–Crippen LogP) is 20.5. The minimum Gasteiger partial charge on any atom is -0.455 e. The molecule has 0 N–H and O–H groups in total. The van der Waals surface area contributed by atoms with E-state index in [0.29, 0.717) is 5.92 Å². The van der Waals surface area contributed by atoms with Crippen LogP contribution in [0.3, 0.4) is 0 Å². The highest BCUT2D eigenvalue weighted by Crippen LogP contribution is 2.49. The number of allylic oxidation sites excluding steroid dienone is 4. The predicted molar refractivity (Wildman–Crippen MR) is 358 cm³/mol. The third kappa shape index (κ3) is 9.22. The Kier molecular flexibility index (Phi) is 13.1. The second kappa shape index (κ2) is 19.6. The topological polar surface area (TPSA) is 24.6 Å². The van der Waals surface area contributed by atoms with E-state index >= 15 is 0 Å². The molecule has 2 aromatic heterocycles. The number of nitrogens with zero attached hydrogens (tertiary/aromatic N) is 3. The lowest BCUT2D eigenvalue weighted by molar-refractivity contribution is 0.280. The Morgan fingerprint density at radius 3 is 1.67 bits per heavy atom. The molecule has 416 valence electrons. The lowest BCUT2D eigenvalue weighted by atomic mass is 9.33. The zero-order chi connectivity index (χ0) is 58.2. The summed E-state index contributed by atoms with van der Waals surface area (Å²) in [5.41, 5.74) is 24.2. The van der Waals surface area contributed by atoms with Crippen LogP contribution in [0.4, 0.5) is 34.1 Å². The van der Waals surface area contributed by atoms with Crippen LogP contribution in [-0.2, 0) is 21.7 Å². The smallest absolute Gasteiger partial charge is 0.252 e. The molecule has 10 aromatic rings. The molecule has 2 aliphatic heterocycles. The van der Waals surface area contributed by atoms with Crippen molar-refractivity contribution in [2.45, 2.75) is 152 Å². The van der Waals surface area contributed by atoms with Gasteiger partial charge in [0.05, 0.1) is 11.0 Å². The molecular formula is C77H84BN3O. The molecule has 1 atom stereocenters. The van der Waals surface area contributed by atoms with Gasteiger partial charge in [0.1, 0.15) is 11.2 Å². The molecule has 4 heterocycles. The molecule has 3 aliphatic rings. The van der Waals surface area contributed by atoms with Crippen molar-refractivity contribution in [3.8, 4) is 11.1 Å². The molecular weight excluding hydrogens is 994 g/mol. The molecule has 1 unspecified atom stereocenters. The van der Waals surface area contributed by atoms with Crippen molar-refractivity contribution >= 4 is 107 Å². The van der Waals surface area contributed by atoms with Crippen molar-refractivity contribution in [2.75, 3.05) is 9.80 Å². The van der Waals surface area contributed by atoms with E-state index in [0.717, 1.165) is 51.6 Å². The van der Waals surface area contributed by atoms with Gasteiger partial charge in [0.2, 0.25) is 0 Å². The van der Waals surface area contributed by atoms with E-state index in [9.17, 15) is 0 Å². The average Bonchev–Trinajstić information content (AvgIpc) is 1.35. The molecule has 0 amide bonds. The second-order valence-corrected chi connectivity index (χ2v) is 28.7. The van der Waals surface area contributed by atoms with Crippen molar-refractivity contribution in [3.63, 3.8) is 0 Å². The highest BCUT2D eigenvalue weighted by Gasteiger charge is 2.45. The van der Waals surface area contributed by atoms with E-state index < -0.39 is 0 Å². The fraction of sp³-hybridized carbons (Fsp3) is 0.325. The van der Waals surface area contributed by atoms with Gasteiger partial charge in [-0.2, -0.15) is 0 Å².